The fraction of sp³-hybridized carbons (Fsp3) is 0.716. The summed E-state index contributed by atoms with van der Waals surface area (Å²) in [5.41, 5.74) is 0. The summed E-state index contributed by atoms with van der Waals surface area (Å²) >= 11 is 0. The van der Waals surface area contributed by atoms with Crippen LogP contribution < -0.4 is 0 Å². The van der Waals surface area contributed by atoms with Gasteiger partial charge in [-0.2, -0.15) is 0 Å². The van der Waals surface area contributed by atoms with Gasteiger partial charge in [-0.15, -0.1) is 0 Å². The molecule has 0 bridgehead atoms. The van der Waals surface area contributed by atoms with E-state index in [1.165, 1.54) is 116 Å². The van der Waals surface area contributed by atoms with Gasteiger partial charge in [-0.3, -0.25) is 14.4 Å². The van der Waals surface area contributed by atoms with Gasteiger partial charge in [0.1, 0.15) is 13.2 Å². The van der Waals surface area contributed by atoms with E-state index < -0.39 is 6.10 Å². The minimum atomic E-state index is -0.795. The summed E-state index contributed by atoms with van der Waals surface area (Å²) in [5, 5.41) is 0. The van der Waals surface area contributed by atoms with Crippen LogP contribution in [0.2, 0.25) is 0 Å². The van der Waals surface area contributed by atoms with Gasteiger partial charge in [0, 0.05) is 19.3 Å². The molecule has 0 N–H and O–H groups in total. The minimum Gasteiger partial charge on any atom is -0.462 e. The van der Waals surface area contributed by atoms with Crippen LogP contribution >= 0.6 is 0 Å². The number of carbonyl (C=O) groups excluding carboxylic acids is 3. The Morgan fingerprint density at radius 3 is 0.877 bits per heavy atom. The largest absolute Gasteiger partial charge is 0.462 e. The lowest BCUT2D eigenvalue weighted by Gasteiger charge is -2.18. The Balaban J connectivity index is 4.43. The second-order valence-electron chi connectivity index (χ2n) is 20.2. The number of unbranched alkanes of at least 4 members (excludes halogenated alkanes) is 28. The van der Waals surface area contributed by atoms with Crippen LogP contribution in [0.25, 0.3) is 0 Å². The first-order valence-electron chi connectivity index (χ1n) is 30.7. The summed E-state index contributed by atoms with van der Waals surface area (Å²) < 4.78 is 16.9. The first-order chi connectivity index (χ1) is 36.0. The van der Waals surface area contributed by atoms with E-state index in [1.54, 1.807) is 0 Å². The number of hydrogen-bond donors (Lipinski definition) is 0. The van der Waals surface area contributed by atoms with Crippen LogP contribution in [0.3, 0.4) is 0 Å². The molecule has 1 unspecified atom stereocenters. The highest BCUT2D eigenvalue weighted by atomic mass is 16.6. The molecule has 0 aliphatic rings. The van der Waals surface area contributed by atoms with Crippen LogP contribution in [0, 0.1) is 0 Å². The van der Waals surface area contributed by atoms with Crippen molar-refractivity contribution in [3.05, 3.63) is 97.2 Å². The number of rotatable bonds is 55. The smallest absolute Gasteiger partial charge is 0.306 e. The van der Waals surface area contributed by atoms with Crippen LogP contribution in [-0.2, 0) is 28.6 Å². The first-order valence-corrected chi connectivity index (χ1v) is 30.7. The molecule has 0 fully saturated rings. The lowest BCUT2D eigenvalue weighted by Crippen LogP contribution is -2.30. The van der Waals surface area contributed by atoms with Crippen molar-refractivity contribution < 1.29 is 28.6 Å². The molecule has 418 valence electrons. The van der Waals surface area contributed by atoms with Crippen LogP contribution in [0.1, 0.15) is 290 Å². The molecule has 0 heterocycles. The summed E-state index contributed by atoms with van der Waals surface area (Å²) in [6, 6.07) is 0. The van der Waals surface area contributed by atoms with Crippen molar-refractivity contribution in [1.82, 2.24) is 0 Å². The fourth-order valence-electron chi connectivity index (χ4n) is 8.44. The molecule has 1 atom stereocenters. The summed E-state index contributed by atoms with van der Waals surface area (Å²) in [6.07, 6.45) is 81.1. The first kappa shape index (κ1) is 69.3. The maximum absolute atomic E-state index is 12.9. The molecule has 0 aromatic heterocycles. The second kappa shape index (κ2) is 60.9. The average Bonchev–Trinajstić information content (AvgIpc) is 3.39. The summed E-state index contributed by atoms with van der Waals surface area (Å²) in [6.45, 7) is 6.49. The van der Waals surface area contributed by atoms with Gasteiger partial charge in [-0.05, 0) is 122 Å². The molecule has 0 spiro atoms. The van der Waals surface area contributed by atoms with Crippen LogP contribution in [-0.4, -0.2) is 37.2 Å². The van der Waals surface area contributed by atoms with Gasteiger partial charge in [0.25, 0.3) is 0 Å². The van der Waals surface area contributed by atoms with E-state index in [2.05, 4.69) is 118 Å². The lowest BCUT2D eigenvalue weighted by molar-refractivity contribution is -0.167. The number of allylic oxidation sites excluding steroid dienone is 16. The molecule has 0 aromatic carbocycles. The number of esters is 3. The molecular formula is C67H114O6. The molecule has 0 saturated heterocycles. The van der Waals surface area contributed by atoms with Crippen molar-refractivity contribution >= 4 is 17.9 Å². The van der Waals surface area contributed by atoms with E-state index in [1.807, 2.05) is 0 Å². The number of carbonyl (C=O) groups is 3. The molecule has 6 heteroatoms. The Morgan fingerprint density at radius 2 is 0.534 bits per heavy atom. The Bertz CT molecular complexity index is 1440. The predicted molar refractivity (Wildman–Crippen MR) is 316 cm³/mol. The van der Waals surface area contributed by atoms with Crippen LogP contribution in [0.15, 0.2) is 97.2 Å². The van der Waals surface area contributed by atoms with Gasteiger partial charge in [-0.1, -0.05) is 246 Å². The Labute approximate surface area is 451 Å². The zero-order chi connectivity index (χ0) is 52.9. The quantitative estimate of drug-likeness (QED) is 0.0261. The molecule has 73 heavy (non-hydrogen) atoms. The highest BCUT2D eigenvalue weighted by molar-refractivity contribution is 5.71. The Morgan fingerprint density at radius 1 is 0.288 bits per heavy atom. The van der Waals surface area contributed by atoms with Crippen molar-refractivity contribution in [3.63, 3.8) is 0 Å². The SMILES string of the molecule is CC/C=C\C/C=C\C/C=C\C/C=C\C/C=C\CCCCCCCC(=O)OCC(COC(=O)CCCCCCC/C=C\C/C=C\CCCCC)OC(=O)CCCCCCCCCCC/C=C\CCCCCCCC. The molecule has 0 aromatic rings. The van der Waals surface area contributed by atoms with Gasteiger partial charge in [0.2, 0.25) is 0 Å². The molecular weight excluding hydrogens is 901 g/mol. The van der Waals surface area contributed by atoms with E-state index in [9.17, 15) is 14.4 Å². The normalized spacial score (nSPS) is 12.8. The monoisotopic (exact) mass is 1010 g/mol. The summed E-state index contributed by atoms with van der Waals surface area (Å²) in [4.78, 5) is 38.3. The number of hydrogen-bond acceptors (Lipinski definition) is 6. The van der Waals surface area contributed by atoms with Crippen molar-refractivity contribution in [3.8, 4) is 0 Å². The molecule has 0 radical (unpaired) electrons. The van der Waals surface area contributed by atoms with Crippen LogP contribution in [0.4, 0.5) is 0 Å². The van der Waals surface area contributed by atoms with Crippen molar-refractivity contribution in [2.75, 3.05) is 13.2 Å². The molecule has 0 rings (SSSR count). The highest BCUT2D eigenvalue weighted by Crippen LogP contribution is 2.15. The third-order valence-electron chi connectivity index (χ3n) is 13.0. The Kier molecular flexibility index (Phi) is 57.8. The van der Waals surface area contributed by atoms with E-state index in [4.69, 9.17) is 14.2 Å². The van der Waals surface area contributed by atoms with Gasteiger partial charge < -0.3 is 14.2 Å². The van der Waals surface area contributed by atoms with Crippen molar-refractivity contribution in [1.29, 1.82) is 0 Å². The van der Waals surface area contributed by atoms with Gasteiger partial charge >= 0.3 is 17.9 Å². The van der Waals surface area contributed by atoms with Crippen molar-refractivity contribution in [2.45, 2.75) is 297 Å². The fourth-order valence-corrected chi connectivity index (χ4v) is 8.44. The average molecular weight is 1020 g/mol. The lowest BCUT2D eigenvalue weighted by atomic mass is 10.1. The maximum atomic E-state index is 12.9. The molecule has 0 aliphatic heterocycles. The van der Waals surface area contributed by atoms with Gasteiger partial charge in [0.15, 0.2) is 6.10 Å². The van der Waals surface area contributed by atoms with Crippen LogP contribution in [0.5, 0.6) is 0 Å². The van der Waals surface area contributed by atoms with E-state index in [0.717, 1.165) is 135 Å². The zero-order valence-electron chi connectivity index (χ0n) is 47.9. The Hall–Kier alpha value is -3.67. The van der Waals surface area contributed by atoms with Crippen molar-refractivity contribution in [2.24, 2.45) is 0 Å². The molecule has 0 saturated carbocycles. The maximum Gasteiger partial charge on any atom is 0.306 e. The molecule has 0 amide bonds. The highest BCUT2D eigenvalue weighted by Gasteiger charge is 2.19. The second-order valence-corrected chi connectivity index (χ2v) is 20.2. The summed E-state index contributed by atoms with van der Waals surface area (Å²) in [7, 11) is 0. The molecule has 0 aliphatic carbocycles. The third-order valence-corrected chi connectivity index (χ3v) is 13.0. The topological polar surface area (TPSA) is 78.9 Å². The van der Waals surface area contributed by atoms with E-state index in [0.29, 0.717) is 19.3 Å². The standard InChI is InChI=1S/C67H114O6/c1-4-7-10-13-16-19-22-25-28-30-32-33-35-36-39-42-45-48-51-54-57-60-66(69)72-63-64(62-71-65(68)59-56-53-50-47-44-41-38-27-24-21-18-15-12-9-6-3)73-67(70)61-58-55-52-49-46-43-40-37-34-31-29-26-23-20-17-14-11-8-5-2/h7,10,16,18-19,21,25-29,32-33,36,38-39,64H,4-6,8-9,11-15,17,20,22-24,30-31,34-35,37,40-63H2,1-3H3/b10-7-,19-16-,21-18-,28-25-,29-26-,33-32-,38-27-,39-36-. The van der Waals surface area contributed by atoms with Gasteiger partial charge in [-0.25, -0.2) is 0 Å². The van der Waals surface area contributed by atoms with E-state index >= 15 is 0 Å². The third kappa shape index (κ3) is 59.1. The van der Waals surface area contributed by atoms with Gasteiger partial charge in [0.05, 0.1) is 0 Å². The summed E-state index contributed by atoms with van der Waals surface area (Å²) in [5.74, 6) is -0.918. The van der Waals surface area contributed by atoms with E-state index in [-0.39, 0.29) is 31.1 Å². The predicted octanol–water partition coefficient (Wildman–Crippen LogP) is 20.9. The molecule has 6 nitrogen and oxygen atoms in total. The minimum absolute atomic E-state index is 0.0918. The number of ether oxygens (including phenoxy) is 3. The zero-order valence-corrected chi connectivity index (χ0v) is 47.9.